The zero-order chi connectivity index (χ0) is 14.6. The topological polar surface area (TPSA) is 29.1 Å². The van der Waals surface area contributed by atoms with Gasteiger partial charge in [-0.15, -0.1) is 0 Å². The van der Waals surface area contributed by atoms with Crippen molar-refractivity contribution < 1.29 is 4.21 Å². The Bertz CT molecular complexity index is 419. The van der Waals surface area contributed by atoms with Gasteiger partial charge in [0.1, 0.15) is 0 Å². The fourth-order valence-electron chi connectivity index (χ4n) is 2.23. The molecule has 0 aliphatic heterocycles. The maximum Gasteiger partial charge on any atom is 0.0520 e. The number of aryl methyl sites for hydroxylation is 1. The van der Waals surface area contributed by atoms with Crippen LogP contribution in [0.4, 0.5) is 0 Å². The largest absolute Gasteiger partial charge is 0.309 e. The minimum absolute atomic E-state index is 0.0858. The van der Waals surface area contributed by atoms with Crippen LogP contribution >= 0.6 is 0 Å². The molecule has 1 rings (SSSR count). The molecule has 0 aliphatic rings. The monoisotopic (exact) mass is 281 g/mol. The minimum atomic E-state index is -0.882. The van der Waals surface area contributed by atoms with Crippen molar-refractivity contribution in [2.45, 2.75) is 57.6 Å². The smallest absolute Gasteiger partial charge is 0.0520 e. The molecule has 0 amide bonds. The third-order valence-corrected chi connectivity index (χ3v) is 5.43. The van der Waals surface area contributed by atoms with Gasteiger partial charge in [0.05, 0.1) is 5.25 Å². The average Bonchev–Trinajstić information content (AvgIpc) is 2.34. The number of hydrogen-bond acceptors (Lipinski definition) is 2. The fraction of sp³-hybridized carbons (Fsp3) is 0.625. The molecular weight excluding hydrogens is 254 g/mol. The van der Waals surface area contributed by atoms with E-state index in [4.69, 9.17) is 0 Å². The van der Waals surface area contributed by atoms with E-state index >= 15 is 0 Å². The second-order valence-electron chi connectivity index (χ2n) is 6.06. The van der Waals surface area contributed by atoms with E-state index in [2.05, 4.69) is 50.4 Å². The van der Waals surface area contributed by atoms with Gasteiger partial charge in [0.2, 0.25) is 0 Å². The highest BCUT2D eigenvalue weighted by Gasteiger charge is 2.30. The number of rotatable bonds is 5. The normalized spacial score (nSPS) is 16.9. The Labute approximate surface area is 120 Å². The lowest BCUT2D eigenvalue weighted by Gasteiger charge is -2.30. The van der Waals surface area contributed by atoms with Gasteiger partial charge in [0.25, 0.3) is 0 Å². The number of nitrogens with one attached hydrogen (secondary N) is 1. The summed E-state index contributed by atoms with van der Waals surface area (Å²) in [4.78, 5) is 0. The van der Waals surface area contributed by atoms with Gasteiger partial charge in [-0.05, 0) is 46.7 Å². The van der Waals surface area contributed by atoms with Gasteiger partial charge in [-0.2, -0.15) is 0 Å². The highest BCUT2D eigenvalue weighted by molar-refractivity contribution is 7.87. The first-order chi connectivity index (χ1) is 8.77. The third kappa shape index (κ3) is 4.43. The molecule has 0 saturated heterocycles. The molecule has 1 aromatic rings. The second-order valence-corrected chi connectivity index (χ2v) is 8.62. The molecule has 3 atom stereocenters. The van der Waals surface area contributed by atoms with Crippen LogP contribution in [0.2, 0.25) is 0 Å². The summed E-state index contributed by atoms with van der Waals surface area (Å²) in [5.74, 6) is 0. The van der Waals surface area contributed by atoms with Crippen molar-refractivity contribution in [2.75, 3.05) is 6.54 Å². The predicted molar refractivity (Wildman–Crippen MR) is 85.0 cm³/mol. The van der Waals surface area contributed by atoms with Crippen LogP contribution in [0.5, 0.6) is 0 Å². The summed E-state index contributed by atoms with van der Waals surface area (Å²) >= 11 is 0. The van der Waals surface area contributed by atoms with E-state index in [-0.39, 0.29) is 16.0 Å². The molecule has 108 valence electrons. The Morgan fingerprint density at radius 1 is 1.21 bits per heavy atom. The fourth-order valence-corrected chi connectivity index (χ4v) is 3.85. The molecule has 3 unspecified atom stereocenters. The SMILES string of the molecule is CCNC(c1ccc(C)cc1)C(C)S(=O)C(C)(C)C. The summed E-state index contributed by atoms with van der Waals surface area (Å²) < 4.78 is 12.4. The molecule has 0 heterocycles. The Balaban J connectivity index is 3.00. The Morgan fingerprint density at radius 3 is 2.16 bits per heavy atom. The zero-order valence-corrected chi connectivity index (χ0v) is 13.8. The highest BCUT2D eigenvalue weighted by atomic mass is 32.2. The molecule has 1 aromatic carbocycles. The van der Waals surface area contributed by atoms with Gasteiger partial charge >= 0.3 is 0 Å². The van der Waals surface area contributed by atoms with Crippen LogP contribution in [-0.4, -0.2) is 20.8 Å². The lowest BCUT2D eigenvalue weighted by molar-refractivity contribution is 0.527. The van der Waals surface area contributed by atoms with Crippen molar-refractivity contribution in [3.63, 3.8) is 0 Å². The highest BCUT2D eigenvalue weighted by Crippen LogP contribution is 2.26. The van der Waals surface area contributed by atoms with Gasteiger partial charge in [-0.25, -0.2) is 0 Å². The van der Waals surface area contributed by atoms with Crippen molar-refractivity contribution in [2.24, 2.45) is 0 Å². The Morgan fingerprint density at radius 2 is 1.74 bits per heavy atom. The van der Waals surface area contributed by atoms with Crippen molar-refractivity contribution in [1.82, 2.24) is 5.32 Å². The molecule has 1 N–H and O–H groups in total. The van der Waals surface area contributed by atoms with Gasteiger partial charge in [-0.3, -0.25) is 4.21 Å². The summed E-state index contributed by atoms with van der Waals surface area (Å²) in [6, 6.07) is 8.65. The van der Waals surface area contributed by atoms with Crippen LogP contribution in [0.25, 0.3) is 0 Å². The lowest BCUT2D eigenvalue weighted by Crippen LogP contribution is -2.39. The van der Waals surface area contributed by atoms with Crippen molar-refractivity contribution in [3.05, 3.63) is 35.4 Å². The van der Waals surface area contributed by atoms with Crippen LogP contribution in [0.1, 0.15) is 51.8 Å². The minimum Gasteiger partial charge on any atom is -0.309 e. The molecular formula is C16H27NOS. The Kier molecular flexibility index (Phi) is 5.75. The third-order valence-electron chi connectivity index (χ3n) is 3.27. The zero-order valence-electron chi connectivity index (χ0n) is 13.0. The van der Waals surface area contributed by atoms with Gasteiger partial charge < -0.3 is 5.32 Å². The molecule has 0 aromatic heterocycles. The summed E-state index contributed by atoms with van der Waals surface area (Å²) in [7, 11) is -0.882. The maximum absolute atomic E-state index is 12.6. The molecule has 0 radical (unpaired) electrons. The van der Waals surface area contributed by atoms with Crippen molar-refractivity contribution in [1.29, 1.82) is 0 Å². The predicted octanol–water partition coefficient (Wildman–Crippen LogP) is 3.58. The van der Waals surface area contributed by atoms with Gasteiger partial charge in [0.15, 0.2) is 0 Å². The van der Waals surface area contributed by atoms with Crippen molar-refractivity contribution in [3.8, 4) is 0 Å². The Hall–Kier alpha value is -0.670. The van der Waals surface area contributed by atoms with Gasteiger partial charge in [0, 0.05) is 21.6 Å². The van der Waals surface area contributed by atoms with E-state index in [1.54, 1.807) is 0 Å². The average molecular weight is 281 g/mol. The van der Waals surface area contributed by atoms with Crippen LogP contribution in [-0.2, 0) is 10.8 Å². The molecule has 0 aliphatic carbocycles. The van der Waals surface area contributed by atoms with Gasteiger partial charge in [-0.1, -0.05) is 36.8 Å². The molecule has 3 heteroatoms. The number of hydrogen-bond donors (Lipinski definition) is 1. The second kappa shape index (κ2) is 6.67. The molecule has 0 saturated carbocycles. The van der Waals surface area contributed by atoms with E-state index in [0.29, 0.717) is 0 Å². The van der Waals surface area contributed by atoms with E-state index in [1.807, 2.05) is 20.8 Å². The number of benzene rings is 1. The molecule has 2 nitrogen and oxygen atoms in total. The summed E-state index contributed by atoms with van der Waals surface area (Å²) in [5, 5.41) is 3.56. The summed E-state index contributed by atoms with van der Waals surface area (Å²) in [6.07, 6.45) is 0. The van der Waals surface area contributed by atoms with E-state index in [9.17, 15) is 4.21 Å². The van der Waals surface area contributed by atoms with Crippen LogP contribution in [0.15, 0.2) is 24.3 Å². The molecule has 0 bridgehead atoms. The van der Waals surface area contributed by atoms with E-state index < -0.39 is 10.8 Å². The first-order valence-corrected chi connectivity index (χ1v) is 8.19. The first-order valence-electron chi connectivity index (χ1n) is 6.98. The van der Waals surface area contributed by atoms with E-state index in [0.717, 1.165) is 6.54 Å². The quantitative estimate of drug-likeness (QED) is 0.894. The van der Waals surface area contributed by atoms with Crippen LogP contribution in [0.3, 0.4) is 0 Å². The maximum atomic E-state index is 12.6. The molecule has 19 heavy (non-hydrogen) atoms. The first kappa shape index (κ1) is 16.4. The lowest BCUT2D eigenvalue weighted by atomic mass is 10.0. The summed E-state index contributed by atoms with van der Waals surface area (Å²) in [6.45, 7) is 13.3. The summed E-state index contributed by atoms with van der Waals surface area (Å²) in [5.41, 5.74) is 2.47. The van der Waals surface area contributed by atoms with E-state index in [1.165, 1.54) is 11.1 Å². The van der Waals surface area contributed by atoms with Crippen LogP contribution < -0.4 is 5.32 Å². The molecule has 0 fully saturated rings. The van der Waals surface area contributed by atoms with Crippen LogP contribution in [0, 0.1) is 6.92 Å². The molecule has 0 spiro atoms. The standard InChI is InChI=1S/C16H27NOS/c1-7-17-15(13(3)19(18)16(4,5)6)14-10-8-12(2)9-11-14/h8-11,13,15,17H,7H2,1-6H3. The van der Waals surface area contributed by atoms with Crippen molar-refractivity contribution >= 4 is 10.8 Å².